The zero-order chi connectivity index (χ0) is 37.8. The second kappa shape index (κ2) is 17.0. The molecule has 5 aromatic rings. The average Bonchev–Trinajstić information content (AvgIpc) is 3.79. The molecule has 1 saturated heterocycles. The fraction of sp³-hybridized carbons (Fsp3) is 0.359. The number of carbonyl (C=O) groups excluding carboxylic acids is 1. The first-order valence-corrected chi connectivity index (χ1v) is 19.5. The molecule has 54 heavy (non-hydrogen) atoms. The predicted molar refractivity (Wildman–Crippen MR) is 210 cm³/mol. The van der Waals surface area contributed by atoms with Crippen molar-refractivity contribution in [2.24, 2.45) is 5.92 Å². The van der Waals surface area contributed by atoms with E-state index in [1.165, 1.54) is 0 Å². The molecule has 1 atom stereocenters. The lowest BCUT2D eigenvalue weighted by Crippen LogP contribution is -2.35. The SMILES string of the molecule is Cc1cc(-c2cccc(-c3cccc(Nc4nccc5sc(CN[C@H]6CC[C@@H](C(=O)O)CC6)nc45)c3Cl)c2Cl)nc(OCF)c1CNCC1CCC(=O)N1. The van der Waals surface area contributed by atoms with Crippen molar-refractivity contribution >= 4 is 68.1 Å². The van der Waals surface area contributed by atoms with Crippen LogP contribution in [0.5, 0.6) is 5.88 Å². The number of hydrogen-bond acceptors (Lipinski definition) is 10. The molecule has 1 aliphatic carbocycles. The minimum atomic E-state index is -1.04. The fourth-order valence-electron chi connectivity index (χ4n) is 7.14. The number of carboxylic acids is 1. The molecule has 1 saturated carbocycles. The number of thiazole rings is 1. The molecule has 2 aliphatic rings. The van der Waals surface area contributed by atoms with Crippen LogP contribution in [-0.4, -0.2) is 57.4 Å². The molecule has 0 bridgehead atoms. The van der Waals surface area contributed by atoms with Gasteiger partial charge in [0.2, 0.25) is 18.6 Å². The van der Waals surface area contributed by atoms with Gasteiger partial charge in [0, 0.05) is 66.6 Å². The van der Waals surface area contributed by atoms with Gasteiger partial charge in [0.25, 0.3) is 0 Å². The highest BCUT2D eigenvalue weighted by Gasteiger charge is 2.26. The third-order valence-electron chi connectivity index (χ3n) is 10.1. The second-order valence-electron chi connectivity index (χ2n) is 13.6. The van der Waals surface area contributed by atoms with Crippen LogP contribution >= 0.6 is 34.5 Å². The minimum Gasteiger partial charge on any atom is -0.481 e. The molecule has 0 radical (unpaired) electrons. The summed E-state index contributed by atoms with van der Waals surface area (Å²) in [7, 11) is 0. The molecule has 7 rings (SSSR count). The molecule has 1 aliphatic heterocycles. The summed E-state index contributed by atoms with van der Waals surface area (Å²) in [6.07, 6.45) is 6.05. The van der Waals surface area contributed by atoms with Crippen LogP contribution in [0.1, 0.15) is 54.7 Å². The van der Waals surface area contributed by atoms with E-state index >= 15 is 0 Å². The van der Waals surface area contributed by atoms with E-state index < -0.39 is 12.8 Å². The van der Waals surface area contributed by atoms with Gasteiger partial charge in [0.05, 0.1) is 32.0 Å². The Morgan fingerprint density at radius 3 is 2.52 bits per heavy atom. The summed E-state index contributed by atoms with van der Waals surface area (Å²) >= 11 is 15.8. The summed E-state index contributed by atoms with van der Waals surface area (Å²) in [5, 5.41) is 24.3. The molecule has 11 nitrogen and oxygen atoms in total. The molecule has 282 valence electrons. The van der Waals surface area contributed by atoms with Crippen LogP contribution in [0, 0.1) is 12.8 Å². The normalized spacial score (nSPS) is 18.5. The Hall–Kier alpha value is -4.40. The van der Waals surface area contributed by atoms with E-state index in [-0.39, 0.29) is 29.8 Å². The van der Waals surface area contributed by atoms with Crippen LogP contribution in [0.4, 0.5) is 15.9 Å². The Balaban J connectivity index is 1.09. The average molecular weight is 793 g/mol. The number of rotatable bonds is 14. The van der Waals surface area contributed by atoms with Crippen LogP contribution in [0.2, 0.25) is 10.0 Å². The summed E-state index contributed by atoms with van der Waals surface area (Å²) in [6, 6.07) is 15.4. The Bertz CT molecular complexity index is 2180. The number of nitrogens with zero attached hydrogens (tertiary/aromatic N) is 3. The van der Waals surface area contributed by atoms with Crippen molar-refractivity contribution in [2.75, 3.05) is 18.7 Å². The number of aromatic nitrogens is 3. The van der Waals surface area contributed by atoms with E-state index in [2.05, 4.69) is 31.2 Å². The number of anilines is 2. The van der Waals surface area contributed by atoms with Gasteiger partial charge in [-0.05, 0) is 62.8 Å². The van der Waals surface area contributed by atoms with E-state index in [4.69, 9.17) is 32.9 Å². The van der Waals surface area contributed by atoms with Gasteiger partial charge in [0.15, 0.2) is 5.82 Å². The Morgan fingerprint density at radius 1 is 1.02 bits per heavy atom. The van der Waals surface area contributed by atoms with Crippen molar-refractivity contribution in [2.45, 2.75) is 70.6 Å². The molecular weight excluding hydrogens is 752 g/mol. The zero-order valence-corrected chi connectivity index (χ0v) is 31.9. The quantitative estimate of drug-likeness (QED) is 0.0745. The first-order chi connectivity index (χ1) is 26.2. The fourth-order valence-corrected chi connectivity index (χ4v) is 8.66. The van der Waals surface area contributed by atoms with Crippen LogP contribution < -0.4 is 26.0 Å². The summed E-state index contributed by atoms with van der Waals surface area (Å²) in [6.45, 7) is 2.44. The van der Waals surface area contributed by atoms with Crippen molar-refractivity contribution in [3.05, 3.63) is 80.9 Å². The highest BCUT2D eigenvalue weighted by atomic mass is 35.5. The summed E-state index contributed by atoms with van der Waals surface area (Å²) in [5.41, 5.74) is 5.46. The number of hydrogen-bond donors (Lipinski definition) is 5. The van der Waals surface area contributed by atoms with E-state index in [1.807, 2.05) is 55.5 Å². The van der Waals surface area contributed by atoms with Gasteiger partial charge < -0.3 is 31.1 Å². The lowest BCUT2D eigenvalue weighted by molar-refractivity contribution is -0.142. The third-order valence-corrected chi connectivity index (χ3v) is 11.9. The number of alkyl halides is 1. The van der Waals surface area contributed by atoms with Gasteiger partial charge in [0.1, 0.15) is 10.5 Å². The number of carbonyl (C=O) groups is 2. The second-order valence-corrected chi connectivity index (χ2v) is 15.5. The van der Waals surface area contributed by atoms with Crippen molar-refractivity contribution in [3.8, 4) is 28.3 Å². The van der Waals surface area contributed by atoms with E-state index in [9.17, 15) is 19.1 Å². The van der Waals surface area contributed by atoms with Crippen LogP contribution in [0.3, 0.4) is 0 Å². The zero-order valence-electron chi connectivity index (χ0n) is 29.6. The van der Waals surface area contributed by atoms with Gasteiger partial charge in [-0.1, -0.05) is 53.5 Å². The molecule has 2 aromatic carbocycles. The summed E-state index contributed by atoms with van der Waals surface area (Å²) in [5.74, 6) is -0.167. The molecular formula is C39H40Cl2FN7O4S. The van der Waals surface area contributed by atoms with Crippen LogP contribution in [0.25, 0.3) is 32.6 Å². The van der Waals surface area contributed by atoms with E-state index in [1.54, 1.807) is 17.5 Å². The number of pyridine rings is 2. The standard InChI is InChI=1S/C39H40Cl2FN7O4S/c1-21-16-30(48-38(53-20-42)28(21)18-43-17-24-12-13-32(50)46-24)27-6-2-4-25(34(27)40)26-5-3-7-29(35(26)41)47-37-36-31(14-15-44-37)54-33(49-36)19-45-23-10-8-22(9-11-23)39(51)52/h2-7,14-16,22-24,43,45H,8-13,17-20H2,1H3,(H,44,47)(H,46,50)(H,51,52)/t22-,23+,24?. The Labute approximate surface area is 326 Å². The van der Waals surface area contributed by atoms with Gasteiger partial charge in [-0.3, -0.25) is 9.59 Å². The number of halogens is 3. The number of aryl methyl sites for hydroxylation is 1. The van der Waals surface area contributed by atoms with Crippen LogP contribution in [0.15, 0.2) is 54.7 Å². The van der Waals surface area contributed by atoms with E-state index in [0.29, 0.717) is 82.8 Å². The maximum Gasteiger partial charge on any atom is 0.306 e. The molecule has 1 unspecified atom stereocenters. The van der Waals surface area contributed by atoms with Crippen LogP contribution in [-0.2, 0) is 22.7 Å². The van der Waals surface area contributed by atoms with Crippen molar-refractivity contribution < 1.29 is 23.8 Å². The number of carboxylic acid groups (broad SMARTS) is 1. The molecule has 2 fully saturated rings. The number of nitrogens with one attached hydrogen (secondary N) is 4. The first-order valence-electron chi connectivity index (χ1n) is 17.9. The minimum absolute atomic E-state index is 0.0495. The lowest BCUT2D eigenvalue weighted by atomic mass is 9.86. The number of ether oxygens (including phenoxy) is 1. The number of aliphatic carboxylic acids is 1. The summed E-state index contributed by atoms with van der Waals surface area (Å²) < 4.78 is 19.9. The Kier molecular flexibility index (Phi) is 11.9. The number of fused-ring (bicyclic) bond motifs is 1. The van der Waals surface area contributed by atoms with Crippen molar-refractivity contribution in [3.63, 3.8) is 0 Å². The van der Waals surface area contributed by atoms with Crippen molar-refractivity contribution in [1.29, 1.82) is 0 Å². The number of benzene rings is 2. The maximum atomic E-state index is 13.6. The van der Waals surface area contributed by atoms with Gasteiger partial charge in [-0.25, -0.2) is 19.3 Å². The number of amides is 1. The molecule has 15 heteroatoms. The van der Waals surface area contributed by atoms with Crippen molar-refractivity contribution in [1.82, 2.24) is 30.9 Å². The molecule has 3 aromatic heterocycles. The first kappa shape index (κ1) is 37.9. The highest BCUT2D eigenvalue weighted by Crippen LogP contribution is 2.43. The smallest absolute Gasteiger partial charge is 0.306 e. The van der Waals surface area contributed by atoms with Gasteiger partial charge in [-0.15, -0.1) is 11.3 Å². The highest BCUT2D eigenvalue weighted by molar-refractivity contribution is 7.18. The van der Waals surface area contributed by atoms with Gasteiger partial charge >= 0.3 is 5.97 Å². The lowest BCUT2D eigenvalue weighted by Gasteiger charge is -2.26. The molecule has 1 amide bonds. The Morgan fingerprint density at radius 2 is 1.78 bits per heavy atom. The monoisotopic (exact) mass is 791 g/mol. The maximum absolute atomic E-state index is 13.6. The molecule has 0 spiro atoms. The largest absolute Gasteiger partial charge is 0.481 e. The topological polar surface area (TPSA) is 150 Å². The molecule has 5 N–H and O–H groups in total. The predicted octanol–water partition coefficient (Wildman–Crippen LogP) is 8.19. The molecule has 4 heterocycles. The van der Waals surface area contributed by atoms with E-state index in [0.717, 1.165) is 45.6 Å². The summed E-state index contributed by atoms with van der Waals surface area (Å²) in [4.78, 5) is 37.1. The van der Waals surface area contributed by atoms with Gasteiger partial charge in [-0.2, -0.15) is 0 Å². The third kappa shape index (κ3) is 8.45.